The summed E-state index contributed by atoms with van der Waals surface area (Å²) >= 11 is 3.48. The van der Waals surface area contributed by atoms with E-state index in [9.17, 15) is 0 Å². The molecular formula is C10H15BrN2O. The van der Waals surface area contributed by atoms with Crippen LogP contribution in [0.15, 0.2) is 21.2 Å². The molecule has 0 aliphatic carbocycles. The van der Waals surface area contributed by atoms with E-state index in [-0.39, 0.29) is 0 Å². The van der Waals surface area contributed by atoms with Gasteiger partial charge in [-0.3, -0.25) is 4.90 Å². The monoisotopic (exact) mass is 258 g/mol. The first kappa shape index (κ1) is 10.2. The van der Waals surface area contributed by atoms with Gasteiger partial charge in [-0.25, -0.2) is 0 Å². The number of rotatable bonds is 4. The van der Waals surface area contributed by atoms with Gasteiger partial charge in [0, 0.05) is 19.1 Å². The van der Waals surface area contributed by atoms with Crippen LogP contribution in [0, 0.1) is 0 Å². The van der Waals surface area contributed by atoms with E-state index in [0.717, 1.165) is 36.4 Å². The average molecular weight is 259 g/mol. The lowest BCUT2D eigenvalue weighted by Crippen LogP contribution is -2.56. The van der Waals surface area contributed by atoms with Crippen LogP contribution in [0.2, 0.25) is 0 Å². The third-order valence-corrected chi connectivity index (χ3v) is 3.43. The molecule has 14 heavy (non-hydrogen) atoms. The summed E-state index contributed by atoms with van der Waals surface area (Å²) in [6.07, 6.45) is 1.73. The summed E-state index contributed by atoms with van der Waals surface area (Å²) in [5.41, 5.74) is 0. The van der Waals surface area contributed by atoms with E-state index in [1.54, 1.807) is 6.26 Å². The number of nitrogens with zero attached hydrogens (tertiary/aromatic N) is 1. The van der Waals surface area contributed by atoms with Crippen molar-refractivity contribution in [3.63, 3.8) is 0 Å². The fraction of sp³-hybridized carbons (Fsp3) is 0.600. The number of hydrogen-bond acceptors (Lipinski definition) is 3. The SMILES string of the molecule is CCN(Cc1occc1Br)C1CNC1. The molecule has 1 saturated heterocycles. The first-order chi connectivity index (χ1) is 6.81. The molecule has 2 heterocycles. The molecule has 0 unspecified atom stereocenters. The Kier molecular flexibility index (Phi) is 3.26. The first-order valence-corrected chi connectivity index (χ1v) is 5.77. The van der Waals surface area contributed by atoms with Crippen molar-refractivity contribution >= 4 is 15.9 Å². The largest absolute Gasteiger partial charge is 0.467 e. The third kappa shape index (κ3) is 2.02. The molecule has 1 aliphatic rings. The van der Waals surface area contributed by atoms with Crippen LogP contribution in [0.5, 0.6) is 0 Å². The summed E-state index contributed by atoms with van der Waals surface area (Å²) in [4.78, 5) is 2.43. The molecule has 0 saturated carbocycles. The van der Waals surface area contributed by atoms with Crippen LogP contribution in [0.25, 0.3) is 0 Å². The van der Waals surface area contributed by atoms with Crippen LogP contribution in [-0.4, -0.2) is 30.6 Å². The maximum absolute atomic E-state index is 5.41. The smallest absolute Gasteiger partial charge is 0.131 e. The zero-order valence-corrected chi connectivity index (χ0v) is 9.88. The molecule has 0 radical (unpaired) electrons. The number of nitrogens with one attached hydrogen (secondary N) is 1. The maximum atomic E-state index is 5.41. The van der Waals surface area contributed by atoms with E-state index < -0.39 is 0 Å². The molecule has 0 amide bonds. The summed E-state index contributed by atoms with van der Waals surface area (Å²) in [7, 11) is 0. The highest BCUT2D eigenvalue weighted by Crippen LogP contribution is 2.20. The van der Waals surface area contributed by atoms with Gasteiger partial charge < -0.3 is 9.73 Å². The summed E-state index contributed by atoms with van der Waals surface area (Å²) in [6, 6.07) is 2.62. The van der Waals surface area contributed by atoms with Gasteiger partial charge in [0.2, 0.25) is 0 Å². The van der Waals surface area contributed by atoms with Crippen LogP contribution < -0.4 is 5.32 Å². The van der Waals surface area contributed by atoms with Crippen molar-refractivity contribution < 1.29 is 4.42 Å². The topological polar surface area (TPSA) is 28.4 Å². The molecule has 1 fully saturated rings. The fourth-order valence-corrected chi connectivity index (χ4v) is 1.98. The van der Waals surface area contributed by atoms with Crippen LogP contribution in [0.3, 0.4) is 0 Å². The van der Waals surface area contributed by atoms with Gasteiger partial charge in [-0.15, -0.1) is 0 Å². The number of halogens is 1. The lowest BCUT2D eigenvalue weighted by atomic mass is 10.1. The highest BCUT2D eigenvalue weighted by Gasteiger charge is 2.24. The highest BCUT2D eigenvalue weighted by molar-refractivity contribution is 9.10. The zero-order chi connectivity index (χ0) is 9.97. The molecule has 1 aromatic heterocycles. The van der Waals surface area contributed by atoms with Gasteiger partial charge in [0.1, 0.15) is 5.76 Å². The quantitative estimate of drug-likeness (QED) is 0.894. The number of likely N-dealkylation sites (N-methyl/N-ethyl adjacent to an activating group) is 1. The van der Waals surface area contributed by atoms with Gasteiger partial charge in [0.15, 0.2) is 0 Å². The minimum absolute atomic E-state index is 0.678. The number of hydrogen-bond donors (Lipinski definition) is 1. The second-order valence-corrected chi connectivity index (χ2v) is 4.42. The normalized spacial score (nSPS) is 17.4. The lowest BCUT2D eigenvalue weighted by molar-refractivity contribution is 0.135. The summed E-state index contributed by atoms with van der Waals surface area (Å²) in [5, 5.41) is 3.29. The average Bonchev–Trinajstić information content (AvgIpc) is 2.47. The van der Waals surface area contributed by atoms with Crippen molar-refractivity contribution in [2.24, 2.45) is 0 Å². The zero-order valence-electron chi connectivity index (χ0n) is 8.29. The minimum atomic E-state index is 0.678. The predicted molar refractivity (Wildman–Crippen MR) is 59.1 cm³/mol. The Morgan fingerprint density at radius 2 is 2.43 bits per heavy atom. The molecular weight excluding hydrogens is 244 g/mol. The van der Waals surface area contributed by atoms with Crippen LogP contribution in [0.4, 0.5) is 0 Å². The number of furan rings is 1. The van der Waals surface area contributed by atoms with Crippen molar-refractivity contribution in [1.29, 1.82) is 0 Å². The van der Waals surface area contributed by atoms with Crippen molar-refractivity contribution in [3.05, 3.63) is 22.6 Å². The van der Waals surface area contributed by atoms with E-state index in [1.807, 2.05) is 6.07 Å². The molecule has 3 nitrogen and oxygen atoms in total. The fourth-order valence-electron chi connectivity index (χ4n) is 1.65. The Balaban J connectivity index is 1.97. The third-order valence-electron chi connectivity index (χ3n) is 2.72. The van der Waals surface area contributed by atoms with E-state index in [0.29, 0.717) is 6.04 Å². The van der Waals surface area contributed by atoms with Gasteiger partial charge in [-0.05, 0) is 28.5 Å². The van der Waals surface area contributed by atoms with E-state index >= 15 is 0 Å². The molecule has 0 spiro atoms. The molecule has 0 aromatic carbocycles. The van der Waals surface area contributed by atoms with Crippen molar-refractivity contribution in [3.8, 4) is 0 Å². The van der Waals surface area contributed by atoms with Crippen LogP contribution >= 0.6 is 15.9 Å². The van der Waals surface area contributed by atoms with E-state index in [4.69, 9.17) is 4.42 Å². The molecule has 2 rings (SSSR count). The predicted octanol–water partition coefficient (Wildman–Crippen LogP) is 1.84. The van der Waals surface area contributed by atoms with E-state index in [1.165, 1.54) is 0 Å². The van der Waals surface area contributed by atoms with Crippen molar-refractivity contribution in [2.45, 2.75) is 19.5 Å². The summed E-state index contributed by atoms with van der Waals surface area (Å²) < 4.78 is 6.48. The Labute approximate surface area is 92.6 Å². The van der Waals surface area contributed by atoms with Gasteiger partial charge in [-0.2, -0.15) is 0 Å². The molecule has 4 heteroatoms. The summed E-state index contributed by atoms with van der Waals surface area (Å²) in [6.45, 7) is 6.36. The second-order valence-electron chi connectivity index (χ2n) is 3.57. The lowest BCUT2D eigenvalue weighted by Gasteiger charge is -2.37. The van der Waals surface area contributed by atoms with Gasteiger partial charge in [0.05, 0.1) is 17.3 Å². The second kappa shape index (κ2) is 4.47. The molecule has 78 valence electrons. The van der Waals surface area contributed by atoms with Crippen LogP contribution in [0.1, 0.15) is 12.7 Å². The van der Waals surface area contributed by atoms with Gasteiger partial charge in [-0.1, -0.05) is 6.92 Å². The Morgan fingerprint density at radius 1 is 1.64 bits per heavy atom. The Bertz CT molecular complexity index is 296. The highest BCUT2D eigenvalue weighted by atomic mass is 79.9. The molecule has 1 aliphatic heterocycles. The minimum Gasteiger partial charge on any atom is -0.467 e. The molecule has 0 atom stereocenters. The van der Waals surface area contributed by atoms with E-state index in [2.05, 4.69) is 33.1 Å². The first-order valence-electron chi connectivity index (χ1n) is 4.98. The van der Waals surface area contributed by atoms with Gasteiger partial charge in [0.25, 0.3) is 0 Å². The van der Waals surface area contributed by atoms with Crippen LogP contribution in [-0.2, 0) is 6.54 Å². The van der Waals surface area contributed by atoms with Crippen molar-refractivity contribution in [1.82, 2.24) is 10.2 Å². The molecule has 0 bridgehead atoms. The summed E-state index contributed by atoms with van der Waals surface area (Å²) in [5.74, 6) is 1.03. The molecule has 1 N–H and O–H groups in total. The van der Waals surface area contributed by atoms with Gasteiger partial charge >= 0.3 is 0 Å². The van der Waals surface area contributed by atoms with Crippen molar-refractivity contribution in [2.75, 3.05) is 19.6 Å². The molecule has 1 aromatic rings. The Hall–Kier alpha value is -0.320. The maximum Gasteiger partial charge on any atom is 0.131 e. The Morgan fingerprint density at radius 3 is 2.86 bits per heavy atom. The standard InChI is InChI=1S/C10H15BrN2O/c1-2-13(8-5-12-6-8)7-10-9(11)3-4-14-10/h3-4,8,12H,2,5-7H2,1H3.